The van der Waals surface area contributed by atoms with Crippen molar-refractivity contribution in [2.75, 3.05) is 33.3 Å². The minimum absolute atomic E-state index is 0. The van der Waals surface area contributed by atoms with E-state index in [0.717, 1.165) is 56.4 Å². The van der Waals surface area contributed by atoms with Crippen LogP contribution >= 0.6 is 0 Å². The third-order valence-corrected chi connectivity index (χ3v) is 8.34. The summed E-state index contributed by atoms with van der Waals surface area (Å²) in [6.07, 6.45) is 30.8. The molecule has 0 N–H and O–H groups in total. The van der Waals surface area contributed by atoms with Crippen LogP contribution in [0.15, 0.2) is 0 Å². The third-order valence-electron chi connectivity index (χ3n) is 8.34. The number of rotatable bonds is 31. The van der Waals surface area contributed by atoms with Crippen LogP contribution in [-0.2, 0) is 9.53 Å². The Morgan fingerprint density at radius 1 is 0.538 bits per heavy atom. The summed E-state index contributed by atoms with van der Waals surface area (Å²) in [6, 6.07) is 0. The molecule has 0 aromatic carbocycles. The van der Waals surface area contributed by atoms with Gasteiger partial charge in [0.1, 0.15) is 6.54 Å². The molecule has 1 atom stereocenters. The first-order chi connectivity index (χ1) is 18.5. The highest BCUT2D eigenvalue weighted by atomic mass is 35.5. The Bertz CT molecular complexity index is 493. The molecule has 0 aromatic rings. The molecule has 0 rings (SSSR count). The maximum Gasteiger partial charge on any atom is 0.167 e. The quantitative estimate of drug-likeness (QED) is 0.0623. The number of halogens is 1. The fraction of sp³-hybridized carbons (Fsp3) is 0.971. The highest BCUT2D eigenvalue weighted by molar-refractivity contribution is 5.83. The molecule has 0 aliphatic heterocycles. The Morgan fingerprint density at radius 2 is 0.897 bits per heavy atom. The van der Waals surface area contributed by atoms with Crippen molar-refractivity contribution in [3.63, 3.8) is 0 Å². The molecule has 0 bridgehead atoms. The van der Waals surface area contributed by atoms with Crippen LogP contribution in [0, 0.1) is 0 Å². The summed E-state index contributed by atoms with van der Waals surface area (Å²) < 4.78 is 7.32. The van der Waals surface area contributed by atoms with Crippen LogP contribution in [0.1, 0.15) is 182 Å². The van der Waals surface area contributed by atoms with Gasteiger partial charge in [-0.25, -0.2) is 0 Å². The number of ether oxygens (including phenoxy) is 1. The van der Waals surface area contributed by atoms with Crippen LogP contribution < -0.4 is 12.4 Å². The largest absolute Gasteiger partial charge is 1.00 e. The lowest BCUT2D eigenvalue weighted by molar-refractivity contribution is -0.911. The van der Waals surface area contributed by atoms with Gasteiger partial charge < -0.3 is 21.6 Å². The second-order valence-electron chi connectivity index (χ2n) is 12.5. The number of nitrogens with zero attached hydrogens (tertiary/aromatic N) is 1. The minimum atomic E-state index is -0.208. The molecule has 4 heteroatoms. The molecule has 236 valence electrons. The van der Waals surface area contributed by atoms with Crippen molar-refractivity contribution in [3.05, 3.63) is 0 Å². The molecule has 1 unspecified atom stereocenters. The highest BCUT2D eigenvalue weighted by Crippen LogP contribution is 2.16. The summed E-state index contributed by atoms with van der Waals surface area (Å²) in [6.45, 7) is 13.0. The van der Waals surface area contributed by atoms with E-state index >= 15 is 0 Å². The molecule has 0 heterocycles. The van der Waals surface area contributed by atoms with Crippen LogP contribution in [0.3, 0.4) is 0 Å². The molecular formula is C35H72ClNO2. The maximum atomic E-state index is 13.3. The average Bonchev–Trinajstić information content (AvgIpc) is 2.89. The van der Waals surface area contributed by atoms with Gasteiger partial charge in [-0.2, -0.15) is 0 Å². The van der Waals surface area contributed by atoms with Crippen molar-refractivity contribution in [1.82, 2.24) is 0 Å². The lowest BCUT2D eigenvalue weighted by Crippen LogP contribution is -3.00. The monoisotopic (exact) mass is 574 g/mol. The normalized spacial score (nSPS) is 12.4. The number of Topliss-reactive ketones (excluding diaryl/α,β-unsaturated/α-hetero) is 1. The standard InChI is InChI=1S/C35H72NO2.ClH/c1-6-10-12-14-16-18-19-20-22-24-26-28-32-38-35(33-36(5,30-8-3)31-9-4)34(37)29-27-25-23-21-17-15-13-11-7-2;/h35H,6-33H2,1-5H3;1H/q+1;/p-1. The number of carbonyl (C=O) groups is 1. The van der Waals surface area contributed by atoms with Crippen molar-refractivity contribution >= 4 is 5.78 Å². The van der Waals surface area contributed by atoms with E-state index in [1.54, 1.807) is 0 Å². The van der Waals surface area contributed by atoms with Crippen LogP contribution in [0.2, 0.25) is 0 Å². The Kier molecular flexibility index (Phi) is 32.4. The third kappa shape index (κ3) is 26.5. The maximum absolute atomic E-state index is 13.3. The first-order valence-electron chi connectivity index (χ1n) is 17.5. The summed E-state index contributed by atoms with van der Waals surface area (Å²) in [7, 11) is 2.33. The Balaban J connectivity index is 0. The van der Waals surface area contributed by atoms with Gasteiger partial charge in [0.05, 0.1) is 20.1 Å². The second kappa shape index (κ2) is 30.8. The zero-order valence-electron chi connectivity index (χ0n) is 27.5. The molecule has 0 spiro atoms. The molecule has 0 amide bonds. The van der Waals surface area contributed by atoms with Gasteiger partial charge in [-0.05, 0) is 25.7 Å². The van der Waals surface area contributed by atoms with Crippen molar-refractivity contribution in [2.45, 2.75) is 188 Å². The van der Waals surface area contributed by atoms with E-state index in [0.29, 0.717) is 12.2 Å². The fourth-order valence-electron chi connectivity index (χ4n) is 5.96. The summed E-state index contributed by atoms with van der Waals surface area (Å²) in [5, 5.41) is 0. The molecule has 0 radical (unpaired) electrons. The topological polar surface area (TPSA) is 26.3 Å². The van der Waals surface area contributed by atoms with Gasteiger partial charge in [0.2, 0.25) is 0 Å². The van der Waals surface area contributed by atoms with Crippen molar-refractivity contribution in [1.29, 1.82) is 0 Å². The zero-order chi connectivity index (χ0) is 28.2. The summed E-state index contributed by atoms with van der Waals surface area (Å²) >= 11 is 0. The number of quaternary nitrogens is 1. The van der Waals surface area contributed by atoms with E-state index in [2.05, 4.69) is 34.7 Å². The van der Waals surface area contributed by atoms with Gasteiger partial charge >= 0.3 is 0 Å². The van der Waals surface area contributed by atoms with Gasteiger partial charge in [0.15, 0.2) is 11.9 Å². The van der Waals surface area contributed by atoms with Gasteiger partial charge in [-0.1, -0.05) is 150 Å². The lowest BCUT2D eigenvalue weighted by atomic mass is 10.0. The Morgan fingerprint density at radius 3 is 1.28 bits per heavy atom. The molecule has 0 aliphatic rings. The van der Waals surface area contributed by atoms with Gasteiger partial charge in [-0.15, -0.1) is 0 Å². The summed E-state index contributed by atoms with van der Waals surface area (Å²) in [5.74, 6) is 0.364. The fourth-order valence-corrected chi connectivity index (χ4v) is 5.96. The van der Waals surface area contributed by atoms with E-state index in [1.165, 1.54) is 122 Å². The predicted octanol–water partition coefficient (Wildman–Crippen LogP) is 7.83. The molecule has 0 aromatic heterocycles. The zero-order valence-corrected chi connectivity index (χ0v) is 28.3. The summed E-state index contributed by atoms with van der Waals surface area (Å²) in [5.41, 5.74) is 0. The second-order valence-corrected chi connectivity index (χ2v) is 12.5. The van der Waals surface area contributed by atoms with Crippen molar-refractivity contribution < 1.29 is 26.4 Å². The number of ketones is 1. The smallest absolute Gasteiger partial charge is 0.167 e. The van der Waals surface area contributed by atoms with Crippen LogP contribution in [0.5, 0.6) is 0 Å². The van der Waals surface area contributed by atoms with E-state index in [9.17, 15) is 4.79 Å². The highest BCUT2D eigenvalue weighted by Gasteiger charge is 2.30. The SMILES string of the molecule is CCCCCCCCCCCCCCOC(C[N+](C)(CCC)CCC)C(=O)CCCCCCCCCCC.[Cl-]. The number of carbonyl (C=O) groups excluding carboxylic acids is 1. The molecule has 0 fully saturated rings. The van der Waals surface area contributed by atoms with E-state index in [1.807, 2.05) is 0 Å². The van der Waals surface area contributed by atoms with E-state index in [-0.39, 0.29) is 18.5 Å². The molecule has 0 saturated heterocycles. The van der Waals surface area contributed by atoms with Crippen LogP contribution in [0.4, 0.5) is 0 Å². The Labute approximate surface area is 253 Å². The van der Waals surface area contributed by atoms with Gasteiger partial charge in [0.25, 0.3) is 0 Å². The minimum Gasteiger partial charge on any atom is -1.00 e. The molecule has 3 nitrogen and oxygen atoms in total. The lowest BCUT2D eigenvalue weighted by Gasteiger charge is -2.36. The molecular weight excluding hydrogens is 502 g/mol. The van der Waals surface area contributed by atoms with Crippen LogP contribution in [-0.4, -0.2) is 49.7 Å². The van der Waals surface area contributed by atoms with Gasteiger partial charge in [0, 0.05) is 13.0 Å². The first kappa shape index (κ1) is 41.0. The van der Waals surface area contributed by atoms with Crippen molar-refractivity contribution in [2.24, 2.45) is 0 Å². The van der Waals surface area contributed by atoms with E-state index < -0.39 is 0 Å². The molecule has 0 saturated carbocycles. The predicted molar refractivity (Wildman–Crippen MR) is 169 cm³/mol. The number of likely N-dealkylation sites (N-methyl/N-ethyl adjacent to an activating group) is 1. The van der Waals surface area contributed by atoms with E-state index in [4.69, 9.17) is 4.74 Å². The molecule has 39 heavy (non-hydrogen) atoms. The Hall–Kier alpha value is -0.120. The average molecular weight is 574 g/mol. The number of unbranched alkanes of at least 4 members (excludes halogenated alkanes) is 19. The van der Waals surface area contributed by atoms with Crippen molar-refractivity contribution in [3.8, 4) is 0 Å². The summed E-state index contributed by atoms with van der Waals surface area (Å²) in [4.78, 5) is 13.3. The van der Waals surface area contributed by atoms with Crippen LogP contribution in [0.25, 0.3) is 0 Å². The van der Waals surface area contributed by atoms with Gasteiger partial charge in [-0.3, -0.25) is 4.79 Å². The molecule has 0 aliphatic carbocycles. The first-order valence-corrected chi connectivity index (χ1v) is 17.5. The number of hydrogen-bond acceptors (Lipinski definition) is 2. The number of hydrogen-bond donors (Lipinski definition) is 0.